The summed E-state index contributed by atoms with van der Waals surface area (Å²) in [6.45, 7) is 1.68. The van der Waals surface area contributed by atoms with E-state index in [1.807, 2.05) is 0 Å². The summed E-state index contributed by atoms with van der Waals surface area (Å²) in [5, 5.41) is 2.47. The van der Waals surface area contributed by atoms with Gasteiger partial charge >= 0.3 is 0 Å². The van der Waals surface area contributed by atoms with Crippen molar-refractivity contribution in [3.8, 4) is 5.75 Å². The fraction of sp³-hybridized carbons (Fsp3) is 0.545. The lowest BCUT2D eigenvalue weighted by Crippen LogP contribution is -2.33. The molecule has 1 aromatic rings. The molecule has 6 heteroatoms. The molecule has 0 aliphatic heterocycles. The summed E-state index contributed by atoms with van der Waals surface area (Å²) in [5.74, 6) is 0.614. The highest BCUT2D eigenvalue weighted by molar-refractivity contribution is 7.91. The molecule has 0 bridgehead atoms. The van der Waals surface area contributed by atoms with Gasteiger partial charge in [-0.15, -0.1) is 0 Å². The smallest absolute Gasteiger partial charge is 0.151 e. The first-order chi connectivity index (χ1) is 7.90. The van der Waals surface area contributed by atoms with Gasteiger partial charge in [0.25, 0.3) is 0 Å². The molecular weight excluding hydrogens is 240 g/mol. The van der Waals surface area contributed by atoms with E-state index in [9.17, 15) is 8.42 Å². The van der Waals surface area contributed by atoms with Crippen molar-refractivity contribution >= 4 is 9.84 Å². The standard InChI is InChI=1S/C11H18N2O3S/c1-8(17(4,14)15)11(12-2)9-5-10(16-3)7-13-6-9/h5-8,11-12H,1-4H3. The first-order valence-electron chi connectivity index (χ1n) is 5.25. The molecule has 0 amide bonds. The highest BCUT2D eigenvalue weighted by Crippen LogP contribution is 2.23. The third-order valence-electron chi connectivity index (χ3n) is 2.78. The van der Waals surface area contributed by atoms with Gasteiger partial charge in [0.15, 0.2) is 9.84 Å². The number of methoxy groups -OCH3 is 1. The largest absolute Gasteiger partial charge is 0.495 e. The monoisotopic (exact) mass is 258 g/mol. The Balaban J connectivity index is 3.09. The number of sulfone groups is 1. The lowest BCUT2D eigenvalue weighted by atomic mass is 10.1. The summed E-state index contributed by atoms with van der Waals surface area (Å²) in [6, 6.07) is 1.49. The van der Waals surface area contributed by atoms with Crippen molar-refractivity contribution < 1.29 is 13.2 Å². The van der Waals surface area contributed by atoms with Gasteiger partial charge in [0.05, 0.1) is 24.6 Å². The van der Waals surface area contributed by atoms with Gasteiger partial charge in [0, 0.05) is 12.5 Å². The van der Waals surface area contributed by atoms with Crippen LogP contribution >= 0.6 is 0 Å². The van der Waals surface area contributed by atoms with Crippen LogP contribution in [-0.4, -0.2) is 39.1 Å². The molecule has 0 aliphatic carbocycles. The minimum Gasteiger partial charge on any atom is -0.495 e. The van der Waals surface area contributed by atoms with Crippen molar-refractivity contribution in [1.29, 1.82) is 0 Å². The van der Waals surface area contributed by atoms with E-state index in [0.29, 0.717) is 5.75 Å². The van der Waals surface area contributed by atoms with Crippen LogP contribution in [0.15, 0.2) is 18.5 Å². The lowest BCUT2D eigenvalue weighted by Gasteiger charge is -2.22. The molecule has 1 heterocycles. The van der Waals surface area contributed by atoms with Crippen molar-refractivity contribution in [2.75, 3.05) is 20.4 Å². The number of hydrogen-bond acceptors (Lipinski definition) is 5. The second-order valence-corrected chi connectivity index (χ2v) is 6.36. The molecule has 5 nitrogen and oxygen atoms in total. The van der Waals surface area contributed by atoms with Gasteiger partial charge in [-0.3, -0.25) is 4.98 Å². The molecule has 2 atom stereocenters. The van der Waals surface area contributed by atoms with Crippen LogP contribution in [0.4, 0.5) is 0 Å². The molecule has 0 saturated carbocycles. The number of hydrogen-bond donors (Lipinski definition) is 1. The predicted molar refractivity (Wildman–Crippen MR) is 66.9 cm³/mol. The fourth-order valence-electron chi connectivity index (χ4n) is 1.64. The summed E-state index contributed by atoms with van der Waals surface area (Å²) in [5.41, 5.74) is 0.796. The molecule has 2 unspecified atom stereocenters. The van der Waals surface area contributed by atoms with Gasteiger partial charge in [-0.2, -0.15) is 0 Å². The zero-order chi connectivity index (χ0) is 13.1. The Morgan fingerprint density at radius 3 is 2.53 bits per heavy atom. The van der Waals surface area contributed by atoms with E-state index in [2.05, 4.69) is 10.3 Å². The Bertz CT molecular complexity index is 473. The summed E-state index contributed by atoms with van der Waals surface area (Å²) < 4.78 is 28.2. The topological polar surface area (TPSA) is 68.3 Å². The van der Waals surface area contributed by atoms with Crippen molar-refractivity contribution in [3.05, 3.63) is 24.0 Å². The Hall–Kier alpha value is -1.14. The lowest BCUT2D eigenvalue weighted by molar-refractivity contribution is 0.411. The normalized spacial score (nSPS) is 15.3. The van der Waals surface area contributed by atoms with E-state index in [4.69, 9.17) is 4.74 Å². The Labute approximate surface area is 102 Å². The van der Waals surface area contributed by atoms with Crippen LogP contribution in [-0.2, 0) is 9.84 Å². The Kier molecular flexibility index (Phi) is 4.47. The predicted octanol–water partition coefficient (Wildman–Crippen LogP) is 0.784. The molecule has 0 spiro atoms. The molecule has 0 fully saturated rings. The summed E-state index contributed by atoms with van der Waals surface area (Å²) in [7, 11) is 0.166. The van der Waals surface area contributed by atoms with Crippen molar-refractivity contribution in [3.63, 3.8) is 0 Å². The first kappa shape index (κ1) is 13.9. The molecule has 17 heavy (non-hydrogen) atoms. The van der Waals surface area contributed by atoms with Gasteiger partial charge in [0.1, 0.15) is 5.75 Å². The SMILES string of the molecule is CNC(c1cncc(OC)c1)C(C)S(C)(=O)=O. The second-order valence-electron chi connectivity index (χ2n) is 3.96. The van der Waals surface area contributed by atoms with Crippen LogP contribution in [0, 0.1) is 0 Å². The fourth-order valence-corrected chi connectivity index (χ4v) is 2.42. The molecule has 1 rings (SSSR count). The average Bonchev–Trinajstić information content (AvgIpc) is 2.29. The van der Waals surface area contributed by atoms with Gasteiger partial charge in [-0.1, -0.05) is 0 Å². The highest BCUT2D eigenvalue weighted by atomic mass is 32.2. The third-order valence-corrected chi connectivity index (χ3v) is 4.41. The maximum atomic E-state index is 11.6. The maximum absolute atomic E-state index is 11.6. The number of nitrogens with zero attached hydrogens (tertiary/aromatic N) is 1. The van der Waals surface area contributed by atoms with Crippen LogP contribution in [0.3, 0.4) is 0 Å². The maximum Gasteiger partial charge on any atom is 0.151 e. The number of pyridine rings is 1. The molecule has 96 valence electrons. The van der Waals surface area contributed by atoms with Gasteiger partial charge in [0.2, 0.25) is 0 Å². The van der Waals surface area contributed by atoms with Gasteiger partial charge in [-0.25, -0.2) is 8.42 Å². The van der Waals surface area contributed by atoms with Crippen molar-refractivity contribution in [2.45, 2.75) is 18.2 Å². The van der Waals surface area contributed by atoms with E-state index in [0.717, 1.165) is 5.56 Å². The Morgan fingerprint density at radius 2 is 2.06 bits per heavy atom. The third kappa shape index (κ3) is 3.41. The van der Waals surface area contributed by atoms with Gasteiger partial charge in [-0.05, 0) is 25.6 Å². The van der Waals surface area contributed by atoms with Crippen LogP contribution in [0.1, 0.15) is 18.5 Å². The van der Waals surface area contributed by atoms with Crippen molar-refractivity contribution in [1.82, 2.24) is 10.3 Å². The molecule has 0 aromatic carbocycles. The molecule has 0 saturated heterocycles. The van der Waals surface area contributed by atoms with Crippen LogP contribution in [0.25, 0.3) is 0 Å². The van der Waals surface area contributed by atoms with Gasteiger partial charge < -0.3 is 10.1 Å². The molecular formula is C11H18N2O3S. The molecule has 0 aliphatic rings. The zero-order valence-corrected chi connectivity index (χ0v) is 11.3. The quantitative estimate of drug-likeness (QED) is 0.845. The average molecular weight is 258 g/mol. The molecule has 0 radical (unpaired) electrons. The summed E-state index contributed by atoms with van der Waals surface area (Å²) in [6.07, 6.45) is 4.46. The van der Waals surface area contributed by atoms with E-state index in [1.54, 1.807) is 39.5 Å². The van der Waals surface area contributed by atoms with Crippen LogP contribution in [0.2, 0.25) is 0 Å². The summed E-state index contributed by atoms with van der Waals surface area (Å²) in [4.78, 5) is 4.03. The van der Waals surface area contributed by atoms with E-state index < -0.39 is 15.1 Å². The minimum atomic E-state index is -3.11. The van der Waals surface area contributed by atoms with E-state index in [-0.39, 0.29) is 6.04 Å². The highest BCUT2D eigenvalue weighted by Gasteiger charge is 2.26. The Morgan fingerprint density at radius 1 is 1.41 bits per heavy atom. The number of rotatable bonds is 5. The number of aromatic nitrogens is 1. The van der Waals surface area contributed by atoms with Crippen LogP contribution < -0.4 is 10.1 Å². The van der Waals surface area contributed by atoms with Crippen molar-refractivity contribution in [2.24, 2.45) is 0 Å². The summed E-state index contributed by atoms with van der Waals surface area (Å²) >= 11 is 0. The minimum absolute atomic E-state index is 0.299. The molecule has 1 N–H and O–H groups in total. The first-order valence-corrected chi connectivity index (χ1v) is 7.20. The van der Waals surface area contributed by atoms with E-state index >= 15 is 0 Å². The number of nitrogens with one attached hydrogen (secondary N) is 1. The number of ether oxygens (including phenoxy) is 1. The molecule has 1 aromatic heterocycles. The van der Waals surface area contributed by atoms with E-state index in [1.165, 1.54) is 6.26 Å². The zero-order valence-electron chi connectivity index (χ0n) is 10.5. The second kappa shape index (κ2) is 5.46. The van der Waals surface area contributed by atoms with Crippen LogP contribution in [0.5, 0.6) is 5.75 Å².